The number of allylic oxidation sites excluding steroid dienone is 2. The second-order valence-corrected chi connectivity index (χ2v) is 3.94. The molecule has 0 amide bonds. The van der Waals surface area contributed by atoms with Gasteiger partial charge in [-0.25, -0.2) is 0 Å². The molecule has 2 heteroatoms. The van der Waals surface area contributed by atoms with Crippen molar-refractivity contribution < 1.29 is 0 Å². The normalized spacial score (nSPS) is 21.4. The number of hydrogen-bond acceptors (Lipinski definition) is 1. The minimum atomic E-state index is 0.269. The third kappa shape index (κ3) is 1.62. The molecule has 76 valence electrons. The lowest BCUT2D eigenvalue weighted by Gasteiger charge is -2.20. The Hall–Kier alpha value is -1.02. The van der Waals surface area contributed by atoms with E-state index < -0.39 is 0 Å². The van der Waals surface area contributed by atoms with E-state index in [4.69, 9.17) is 5.73 Å². The fourth-order valence-corrected chi connectivity index (χ4v) is 2.18. The minimum absolute atomic E-state index is 0.269. The van der Waals surface area contributed by atoms with Crippen molar-refractivity contribution in [3.8, 4) is 0 Å². The molecule has 1 aliphatic rings. The Bertz CT molecular complexity index is 336. The van der Waals surface area contributed by atoms with Gasteiger partial charge in [0.05, 0.1) is 0 Å². The quantitative estimate of drug-likeness (QED) is 0.713. The maximum atomic E-state index is 6.06. The van der Waals surface area contributed by atoms with Crippen LogP contribution in [-0.4, -0.2) is 4.57 Å². The van der Waals surface area contributed by atoms with Crippen LogP contribution in [0.1, 0.15) is 37.1 Å². The molecule has 2 rings (SSSR count). The molecule has 0 spiro atoms. The molecule has 1 aromatic heterocycles. The van der Waals surface area contributed by atoms with Gasteiger partial charge in [-0.15, -0.1) is 0 Å². The Morgan fingerprint density at radius 1 is 1.64 bits per heavy atom. The lowest BCUT2D eigenvalue weighted by molar-refractivity contribution is 0.549. The summed E-state index contributed by atoms with van der Waals surface area (Å²) in [6, 6.07) is 2.45. The Morgan fingerprint density at radius 3 is 3.29 bits per heavy atom. The topological polar surface area (TPSA) is 30.9 Å². The standard InChI is InChI=1S/C12H18N2/c1-2-3-8-14-9-7-10-11(13)5-4-6-12(10)14/h2-3,7,9,11H,4-6,8,13H2,1H3/b3-2+. The lowest BCUT2D eigenvalue weighted by atomic mass is 9.94. The number of nitrogens with zero attached hydrogens (tertiary/aromatic N) is 1. The van der Waals surface area contributed by atoms with Crippen molar-refractivity contribution >= 4 is 0 Å². The highest BCUT2D eigenvalue weighted by atomic mass is 15.0. The average molecular weight is 190 g/mol. The number of fused-ring (bicyclic) bond motifs is 1. The first-order valence-electron chi connectivity index (χ1n) is 5.37. The molecule has 0 saturated carbocycles. The summed E-state index contributed by atoms with van der Waals surface area (Å²) < 4.78 is 2.31. The highest BCUT2D eigenvalue weighted by Gasteiger charge is 2.19. The van der Waals surface area contributed by atoms with Gasteiger partial charge in [0.15, 0.2) is 0 Å². The van der Waals surface area contributed by atoms with Crippen molar-refractivity contribution in [2.75, 3.05) is 0 Å². The Morgan fingerprint density at radius 2 is 2.50 bits per heavy atom. The van der Waals surface area contributed by atoms with Gasteiger partial charge in [0.2, 0.25) is 0 Å². The highest BCUT2D eigenvalue weighted by Crippen LogP contribution is 2.28. The number of aromatic nitrogens is 1. The molecule has 0 bridgehead atoms. The third-order valence-electron chi connectivity index (χ3n) is 2.98. The van der Waals surface area contributed by atoms with Crippen LogP contribution in [0.4, 0.5) is 0 Å². The van der Waals surface area contributed by atoms with Gasteiger partial charge in [0, 0.05) is 24.5 Å². The molecule has 0 aliphatic heterocycles. The first-order valence-corrected chi connectivity index (χ1v) is 5.37. The van der Waals surface area contributed by atoms with Gasteiger partial charge in [0.1, 0.15) is 0 Å². The van der Waals surface area contributed by atoms with E-state index >= 15 is 0 Å². The van der Waals surface area contributed by atoms with Crippen molar-refractivity contribution in [3.05, 3.63) is 35.7 Å². The Labute approximate surface area is 85.4 Å². The first-order chi connectivity index (χ1) is 6.83. The van der Waals surface area contributed by atoms with Gasteiger partial charge in [-0.05, 0) is 37.8 Å². The molecule has 1 atom stereocenters. The van der Waals surface area contributed by atoms with Gasteiger partial charge in [0.25, 0.3) is 0 Å². The third-order valence-corrected chi connectivity index (χ3v) is 2.98. The SMILES string of the molecule is C/C=C/Cn1ccc2c1CCCC2N. The highest BCUT2D eigenvalue weighted by molar-refractivity contribution is 5.28. The average Bonchev–Trinajstić information content (AvgIpc) is 2.60. The van der Waals surface area contributed by atoms with Crippen LogP contribution in [0.15, 0.2) is 24.4 Å². The summed E-state index contributed by atoms with van der Waals surface area (Å²) in [4.78, 5) is 0. The molecule has 0 fully saturated rings. The van der Waals surface area contributed by atoms with E-state index in [0.717, 1.165) is 13.0 Å². The van der Waals surface area contributed by atoms with Crippen LogP contribution in [0.3, 0.4) is 0 Å². The van der Waals surface area contributed by atoms with Gasteiger partial charge in [-0.2, -0.15) is 0 Å². The summed E-state index contributed by atoms with van der Waals surface area (Å²) >= 11 is 0. The smallest absolute Gasteiger partial charge is 0.0403 e. The minimum Gasteiger partial charge on any atom is -0.347 e. The van der Waals surface area contributed by atoms with Crippen LogP contribution >= 0.6 is 0 Å². The molecule has 14 heavy (non-hydrogen) atoms. The molecule has 0 saturated heterocycles. The fraction of sp³-hybridized carbons (Fsp3) is 0.500. The monoisotopic (exact) mass is 190 g/mol. The molecule has 1 unspecified atom stereocenters. The summed E-state index contributed by atoms with van der Waals surface area (Å²) in [6.45, 7) is 3.04. The van der Waals surface area contributed by atoms with E-state index in [1.807, 2.05) is 0 Å². The molecule has 1 aliphatic carbocycles. The van der Waals surface area contributed by atoms with E-state index in [1.165, 1.54) is 24.1 Å². The zero-order chi connectivity index (χ0) is 9.97. The Balaban J connectivity index is 2.26. The number of nitrogens with two attached hydrogens (primary N) is 1. The van der Waals surface area contributed by atoms with E-state index in [2.05, 4.69) is 35.9 Å². The van der Waals surface area contributed by atoms with Gasteiger partial charge in [-0.3, -0.25) is 0 Å². The van der Waals surface area contributed by atoms with E-state index in [0.29, 0.717) is 0 Å². The van der Waals surface area contributed by atoms with Gasteiger partial charge in [-0.1, -0.05) is 12.2 Å². The molecule has 1 aromatic rings. The lowest BCUT2D eigenvalue weighted by Crippen LogP contribution is -2.18. The summed E-state index contributed by atoms with van der Waals surface area (Å²) in [6.07, 6.45) is 9.99. The molecule has 0 aromatic carbocycles. The van der Waals surface area contributed by atoms with Crippen LogP contribution in [-0.2, 0) is 13.0 Å². The summed E-state index contributed by atoms with van der Waals surface area (Å²) in [7, 11) is 0. The van der Waals surface area contributed by atoms with Crippen molar-refractivity contribution in [3.63, 3.8) is 0 Å². The number of hydrogen-bond donors (Lipinski definition) is 1. The Kier molecular flexibility index (Phi) is 2.73. The van der Waals surface area contributed by atoms with Gasteiger partial charge < -0.3 is 10.3 Å². The first kappa shape index (κ1) is 9.53. The summed E-state index contributed by atoms with van der Waals surface area (Å²) in [5.41, 5.74) is 8.86. The zero-order valence-electron chi connectivity index (χ0n) is 8.74. The van der Waals surface area contributed by atoms with Crippen LogP contribution in [0.2, 0.25) is 0 Å². The molecular formula is C12H18N2. The maximum Gasteiger partial charge on any atom is 0.0403 e. The zero-order valence-corrected chi connectivity index (χ0v) is 8.74. The van der Waals surface area contributed by atoms with E-state index in [1.54, 1.807) is 0 Å². The predicted molar refractivity (Wildman–Crippen MR) is 59.1 cm³/mol. The second kappa shape index (κ2) is 4.01. The van der Waals surface area contributed by atoms with Crippen LogP contribution in [0, 0.1) is 0 Å². The van der Waals surface area contributed by atoms with Crippen molar-refractivity contribution in [1.29, 1.82) is 0 Å². The van der Waals surface area contributed by atoms with Crippen LogP contribution in [0.25, 0.3) is 0 Å². The largest absolute Gasteiger partial charge is 0.347 e. The molecular weight excluding hydrogens is 172 g/mol. The van der Waals surface area contributed by atoms with Crippen molar-refractivity contribution in [2.45, 2.75) is 38.8 Å². The van der Waals surface area contributed by atoms with Crippen molar-refractivity contribution in [1.82, 2.24) is 4.57 Å². The predicted octanol–water partition coefficient (Wildman–Crippen LogP) is 2.40. The van der Waals surface area contributed by atoms with E-state index in [-0.39, 0.29) is 6.04 Å². The van der Waals surface area contributed by atoms with Crippen molar-refractivity contribution in [2.24, 2.45) is 5.73 Å². The molecule has 0 radical (unpaired) electrons. The maximum absolute atomic E-state index is 6.06. The summed E-state index contributed by atoms with van der Waals surface area (Å²) in [5.74, 6) is 0. The van der Waals surface area contributed by atoms with E-state index in [9.17, 15) is 0 Å². The molecule has 2 nitrogen and oxygen atoms in total. The molecule has 1 heterocycles. The fourth-order valence-electron chi connectivity index (χ4n) is 2.18. The van der Waals surface area contributed by atoms with Crippen LogP contribution < -0.4 is 5.73 Å². The second-order valence-electron chi connectivity index (χ2n) is 3.94. The molecule has 2 N–H and O–H groups in total. The van der Waals surface area contributed by atoms with Crippen LogP contribution in [0.5, 0.6) is 0 Å². The number of rotatable bonds is 2. The van der Waals surface area contributed by atoms with Gasteiger partial charge >= 0.3 is 0 Å². The summed E-state index contributed by atoms with van der Waals surface area (Å²) in [5, 5.41) is 0.